The second kappa shape index (κ2) is 4.56. The van der Waals surface area contributed by atoms with Gasteiger partial charge in [-0.15, -0.1) is 0 Å². The monoisotopic (exact) mass is 280 g/mol. The molecule has 5 nitrogen and oxygen atoms in total. The van der Waals surface area contributed by atoms with Crippen molar-refractivity contribution in [3.8, 4) is 0 Å². The fraction of sp³-hybridized carbons (Fsp3) is 0.0625. The number of hydrogen-bond acceptors (Lipinski definition) is 3. The van der Waals surface area contributed by atoms with Gasteiger partial charge in [-0.25, -0.2) is 4.90 Å². The average Bonchev–Trinajstić information content (AvgIpc) is 2.72. The van der Waals surface area contributed by atoms with E-state index in [1.165, 1.54) is 18.2 Å². The number of nitrogens with zero attached hydrogens (tertiary/aromatic N) is 1. The van der Waals surface area contributed by atoms with Crippen molar-refractivity contribution < 1.29 is 14.4 Å². The first kappa shape index (κ1) is 13.1. The number of benzene rings is 2. The molecule has 2 aromatic rings. The van der Waals surface area contributed by atoms with Crippen molar-refractivity contribution in [3.05, 3.63) is 64.7 Å². The van der Waals surface area contributed by atoms with Crippen LogP contribution in [0.25, 0.3) is 0 Å². The van der Waals surface area contributed by atoms with Crippen LogP contribution in [0.2, 0.25) is 0 Å². The summed E-state index contributed by atoms with van der Waals surface area (Å²) in [6, 6.07) is 11.4. The maximum absolute atomic E-state index is 12.4. The highest BCUT2D eigenvalue weighted by molar-refractivity contribution is 6.34. The molecule has 104 valence electrons. The third kappa shape index (κ3) is 1.99. The van der Waals surface area contributed by atoms with Crippen molar-refractivity contribution >= 4 is 23.4 Å². The Morgan fingerprint density at radius 2 is 1.57 bits per heavy atom. The molecule has 0 unspecified atom stereocenters. The predicted octanol–water partition coefficient (Wildman–Crippen LogP) is 1.89. The summed E-state index contributed by atoms with van der Waals surface area (Å²) in [7, 11) is 0. The van der Waals surface area contributed by atoms with E-state index in [-0.39, 0.29) is 16.7 Å². The van der Waals surface area contributed by atoms with E-state index in [4.69, 9.17) is 5.73 Å². The van der Waals surface area contributed by atoms with Gasteiger partial charge >= 0.3 is 0 Å². The third-order valence-electron chi connectivity index (χ3n) is 3.46. The zero-order valence-electron chi connectivity index (χ0n) is 11.3. The number of anilines is 1. The minimum absolute atomic E-state index is 0.205. The minimum atomic E-state index is -0.633. The number of carbonyl (C=O) groups excluding carboxylic acids is 3. The van der Waals surface area contributed by atoms with Gasteiger partial charge in [0.15, 0.2) is 0 Å². The van der Waals surface area contributed by atoms with Crippen LogP contribution in [0.5, 0.6) is 0 Å². The molecule has 3 amide bonds. The first-order valence-electron chi connectivity index (χ1n) is 6.38. The van der Waals surface area contributed by atoms with Crippen molar-refractivity contribution in [3.63, 3.8) is 0 Å². The Balaban J connectivity index is 2.08. The standard InChI is InChI=1S/C16H12N2O3/c1-9-2-5-11(6-3-9)18-15(20)12-7-4-10(14(17)19)8-13(12)16(18)21/h2-8H,1H3,(H2,17,19). The highest BCUT2D eigenvalue weighted by atomic mass is 16.2. The van der Waals surface area contributed by atoms with Gasteiger partial charge in [0.05, 0.1) is 16.8 Å². The van der Waals surface area contributed by atoms with Crippen LogP contribution in [0.1, 0.15) is 36.6 Å². The van der Waals surface area contributed by atoms with Gasteiger partial charge in [-0.1, -0.05) is 17.7 Å². The molecular formula is C16H12N2O3. The molecule has 5 heteroatoms. The number of carbonyl (C=O) groups is 3. The molecule has 0 radical (unpaired) electrons. The molecule has 0 spiro atoms. The number of primary amides is 1. The molecular weight excluding hydrogens is 268 g/mol. The summed E-state index contributed by atoms with van der Waals surface area (Å²) in [5, 5.41) is 0. The summed E-state index contributed by atoms with van der Waals surface area (Å²) in [4.78, 5) is 37.1. The molecule has 0 atom stereocenters. The summed E-state index contributed by atoms with van der Waals surface area (Å²) in [5.74, 6) is -1.47. The highest BCUT2D eigenvalue weighted by Gasteiger charge is 2.36. The van der Waals surface area contributed by atoms with Crippen LogP contribution >= 0.6 is 0 Å². The van der Waals surface area contributed by atoms with Crippen molar-refractivity contribution in [1.29, 1.82) is 0 Å². The summed E-state index contributed by atoms with van der Waals surface area (Å²) in [6.45, 7) is 1.92. The van der Waals surface area contributed by atoms with Crippen LogP contribution < -0.4 is 10.6 Å². The molecule has 1 aliphatic rings. The molecule has 0 aromatic heterocycles. The van der Waals surface area contributed by atoms with Crippen LogP contribution in [-0.2, 0) is 0 Å². The van der Waals surface area contributed by atoms with Gasteiger partial charge in [-0.05, 0) is 37.3 Å². The van der Waals surface area contributed by atoms with Crippen molar-refractivity contribution in [1.82, 2.24) is 0 Å². The summed E-state index contributed by atoms with van der Waals surface area (Å²) < 4.78 is 0. The Bertz CT molecular complexity index is 779. The molecule has 21 heavy (non-hydrogen) atoms. The van der Waals surface area contributed by atoms with Gasteiger partial charge in [-0.2, -0.15) is 0 Å². The number of nitrogens with two attached hydrogens (primary N) is 1. The van der Waals surface area contributed by atoms with Gasteiger partial charge in [-0.3, -0.25) is 14.4 Å². The van der Waals surface area contributed by atoms with Gasteiger partial charge < -0.3 is 5.73 Å². The molecule has 0 saturated carbocycles. The molecule has 1 aliphatic heterocycles. The molecule has 1 heterocycles. The van der Waals surface area contributed by atoms with Crippen molar-refractivity contribution in [2.75, 3.05) is 4.90 Å². The first-order valence-corrected chi connectivity index (χ1v) is 6.38. The molecule has 0 bridgehead atoms. The van der Waals surface area contributed by atoms with Crippen molar-refractivity contribution in [2.24, 2.45) is 5.73 Å². The topological polar surface area (TPSA) is 80.5 Å². The number of hydrogen-bond donors (Lipinski definition) is 1. The van der Waals surface area contributed by atoms with Crippen LogP contribution in [0.4, 0.5) is 5.69 Å². The zero-order valence-corrected chi connectivity index (χ0v) is 11.3. The maximum atomic E-state index is 12.4. The van der Waals surface area contributed by atoms with Crippen LogP contribution in [0.15, 0.2) is 42.5 Å². The molecule has 0 fully saturated rings. The maximum Gasteiger partial charge on any atom is 0.266 e. The first-order chi connectivity index (χ1) is 9.99. The molecule has 2 N–H and O–H groups in total. The van der Waals surface area contributed by atoms with Gasteiger partial charge in [0, 0.05) is 5.56 Å². The summed E-state index contributed by atoms with van der Waals surface area (Å²) >= 11 is 0. The molecule has 2 aromatic carbocycles. The van der Waals surface area contributed by atoms with E-state index in [0.29, 0.717) is 5.69 Å². The lowest BCUT2D eigenvalue weighted by atomic mass is 10.1. The minimum Gasteiger partial charge on any atom is -0.366 e. The fourth-order valence-electron chi connectivity index (χ4n) is 2.32. The number of imide groups is 1. The van der Waals surface area contributed by atoms with Gasteiger partial charge in [0.2, 0.25) is 5.91 Å². The van der Waals surface area contributed by atoms with E-state index < -0.39 is 17.7 Å². The SMILES string of the molecule is Cc1ccc(N2C(=O)c3ccc(C(N)=O)cc3C2=O)cc1. The lowest BCUT2D eigenvalue weighted by Gasteiger charge is -2.13. The Kier molecular flexibility index (Phi) is 2.83. The highest BCUT2D eigenvalue weighted by Crippen LogP contribution is 2.29. The lowest BCUT2D eigenvalue weighted by molar-refractivity contribution is 0.0925. The van der Waals surface area contributed by atoms with E-state index >= 15 is 0 Å². The van der Waals surface area contributed by atoms with Crippen molar-refractivity contribution in [2.45, 2.75) is 6.92 Å². The zero-order chi connectivity index (χ0) is 15.1. The average molecular weight is 280 g/mol. The third-order valence-corrected chi connectivity index (χ3v) is 3.46. The van der Waals surface area contributed by atoms with Crippen LogP contribution in [0.3, 0.4) is 0 Å². The van der Waals surface area contributed by atoms with Crippen LogP contribution in [-0.4, -0.2) is 17.7 Å². The summed E-state index contributed by atoms with van der Waals surface area (Å²) in [5.41, 5.74) is 7.44. The quantitative estimate of drug-likeness (QED) is 0.853. The second-order valence-electron chi connectivity index (χ2n) is 4.91. The fourth-order valence-corrected chi connectivity index (χ4v) is 2.32. The molecule has 3 rings (SSSR count). The smallest absolute Gasteiger partial charge is 0.266 e. The molecule has 0 saturated heterocycles. The largest absolute Gasteiger partial charge is 0.366 e. The Morgan fingerprint density at radius 1 is 0.952 bits per heavy atom. The van der Waals surface area contributed by atoms with Crippen LogP contribution in [0, 0.1) is 6.92 Å². The number of aryl methyl sites for hydroxylation is 1. The second-order valence-corrected chi connectivity index (χ2v) is 4.91. The normalized spacial score (nSPS) is 13.5. The predicted molar refractivity (Wildman–Crippen MR) is 77.3 cm³/mol. The molecule has 0 aliphatic carbocycles. The van der Waals surface area contributed by atoms with E-state index in [0.717, 1.165) is 10.5 Å². The number of fused-ring (bicyclic) bond motifs is 1. The number of rotatable bonds is 2. The van der Waals surface area contributed by atoms with Gasteiger partial charge in [0.1, 0.15) is 0 Å². The lowest BCUT2D eigenvalue weighted by Crippen LogP contribution is -2.29. The van der Waals surface area contributed by atoms with E-state index in [1.807, 2.05) is 19.1 Å². The Morgan fingerprint density at radius 3 is 2.19 bits per heavy atom. The number of amides is 3. The van der Waals surface area contributed by atoms with E-state index in [1.54, 1.807) is 12.1 Å². The Labute approximate surface area is 121 Å². The van der Waals surface area contributed by atoms with E-state index in [2.05, 4.69) is 0 Å². The van der Waals surface area contributed by atoms with Gasteiger partial charge in [0.25, 0.3) is 11.8 Å². The van der Waals surface area contributed by atoms with E-state index in [9.17, 15) is 14.4 Å². The summed E-state index contributed by atoms with van der Waals surface area (Å²) in [6.07, 6.45) is 0. The Hall–Kier alpha value is -2.95.